The van der Waals surface area contributed by atoms with Gasteiger partial charge in [0.15, 0.2) is 6.79 Å². The smallest absolute Gasteiger partial charge is 0.188 e. The number of halogens is 2. The van der Waals surface area contributed by atoms with Crippen LogP contribution in [0.4, 0.5) is 0 Å². The van der Waals surface area contributed by atoms with Gasteiger partial charge in [0.2, 0.25) is 0 Å². The number of hydrogen-bond acceptors (Lipinski definition) is 3. The average molecular weight is 277 g/mol. The van der Waals surface area contributed by atoms with Gasteiger partial charge in [-0.25, -0.2) is 0 Å². The summed E-state index contributed by atoms with van der Waals surface area (Å²) in [6.07, 6.45) is 0. The molecule has 0 spiro atoms. The van der Waals surface area contributed by atoms with Crippen LogP contribution in [-0.2, 0) is 4.74 Å². The van der Waals surface area contributed by atoms with Crippen molar-refractivity contribution in [1.82, 2.24) is 0 Å². The molecule has 0 aliphatic heterocycles. The van der Waals surface area contributed by atoms with E-state index >= 15 is 0 Å². The van der Waals surface area contributed by atoms with Gasteiger partial charge >= 0.3 is 0 Å². The highest BCUT2D eigenvalue weighted by Gasteiger charge is 2.07. The van der Waals surface area contributed by atoms with Crippen LogP contribution in [0.25, 0.3) is 0 Å². The molecular weight excluding hydrogens is 269 g/mol. The molecule has 0 radical (unpaired) electrons. The molecular formula is C9H7BrClNO2. The molecule has 0 bridgehead atoms. The molecule has 5 heteroatoms. The molecule has 0 saturated carbocycles. The molecule has 0 N–H and O–H groups in total. The molecule has 74 valence electrons. The molecule has 0 saturated heterocycles. The number of benzene rings is 1. The number of hydrogen-bond donors (Lipinski definition) is 0. The van der Waals surface area contributed by atoms with E-state index in [1.807, 2.05) is 6.07 Å². The van der Waals surface area contributed by atoms with Gasteiger partial charge in [0.25, 0.3) is 0 Å². The summed E-state index contributed by atoms with van der Waals surface area (Å²) in [7, 11) is 1.53. The lowest BCUT2D eigenvalue weighted by Gasteiger charge is -2.07. The van der Waals surface area contributed by atoms with Gasteiger partial charge in [-0.2, -0.15) is 5.26 Å². The topological polar surface area (TPSA) is 42.2 Å². The van der Waals surface area contributed by atoms with Gasteiger partial charge in [0.1, 0.15) is 11.8 Å². The van der Waals surface area contributed by atoms with Gasteiger partial charge in [-0.15, -0.1) is 0 Å². The van der Waals surface area contributed by atoms with E-state index in [1.54, 1.807) is 12.1 Å². The van der Waals surface area contributed by atoms with E-state index in [4.69, 9.17) is 26.3 Å². The van der Waals surface area contributed by atoms with Gasteiger partial charge in [0, 0.05) is 13.2 Å². The Labute approximate surface area is 95.3 Å². The fourth-order valence-corrected chi connectivity index (χ4v) is 1.50. The van der Waals surface area contributed by atoms with Gasteiger partial charge in [-0.3, -0.25) is 0 Å². The summed E-state index contributed by atoms with van der Waals surface area (Å²) < 4.78 is 10.6. The van der Waals surface area contributed by atoms with Crippen LogP contribution in [0.5, 0.6) is 5.75 Å². The third-order valence-corrected chi connectivity index (χ3v) is 2.41. The standard InChI is InChI=1S/C9H7BrClNO2/c1-13-5-14-9-3-8(11)6(4-12)2-7(9)10/h2-3H,5H2,1H3. The molecule has 0 aromatic heterocycles. The van der Waals surface area contributed by atoms with E-state index in [2.05, 4.69) is 15.9 Å². The summed E-state index contributed by atoms with van der Waals surface area (Å²) in [4.78, 5) is 0. The third-order valence-electron chi connectivity index (χ3n) is 1.47. The molecule has 14 heavy (non-hydrogen) atoms. The van der Waals surface area contributed by atoms with E-state index in [1.165, 1.54) is 7.11 Å². The van der Waals surface area contributed by atoms with E-state index in [9.17, 15) is 0 Å². The van der Waals surface area contributed by atoms with Crippen molar-refractivity contribution in [2.45, 2.75) is 0 Å². The van der Waals surface area contributed by atoms with Crippen molar-refractivity contribution in [3.63, 3.8) is 0 Å². The molecule has 0 fully saturated rings. The van der Waals surface area contributed by atoms with Crippen LogP contribution in [0.2, 0.25) is 5.02 Å². The Morgan fingerprint density at radius 3 is 2.86 bits per heavy atom. The van der Waals surface area contributed by atoms with Crippen molar-refractivity contribution in [2.75, 3.05) is 13.9 Å². The normalized spacial score (nSPS) is 9.57. The maximum absolute atomic E-state index is 8.69. The molecule has 3 nitrogen and oxygen atoms in total. The van der Waals surface area contributed by atoms with Crippen LogP contribution in [0, 0.1) is 11.3 Å². The average Bonchev–Trinajstić information content (AvgIpc) is 2.18. The molecule has 0 aliphatic rings. The Morgan fingerprint density at radius 2 is 2.29 bits per heavy atom. The van der Waals surface area contributed by atoms with E-state index in [0.717, 1.165) is 0 Å². The molecule has 0 heterocycles. The summed E-state index contributed by atoms with van der Waals surface area (Å²) in [6, 6.07) is 5.15. The summed E-state index contributed by atoms with van der Waals surface area (Å²) in [5, 5.41) is 9.05. The van der Waals surface area contributed by atoms with E-state index in [0.29, 0.717) is 20.8 Å². The molecule has 0 atom stereocenters. The Bertz CT molecular complexity index is 376. The van der Waals surface area contributed by atoms with Crippen LogP contribution < -0.4 is 4.74 Å². The van der Waals surface area contributed by atoms with Gasteiger partial charge in [0.05, 0.1) is 15.1 Å². The summed E-state index contributed by atoms with van der Waals surface area (Å²) in [5.41, 5.74) is 0.406. The van der Waals surface area contributed by atoms with Crippen LogP contribution >= 0.6 is 27.5 Å². The SMILES string of the molecule is COCOc1cc(Cl)c(C#N)cc1Br. The van der Waals surface area contributed by atoms with Crippen LogP contribution in [0.3, 0.4) is 0 Å². The Morgan fingerprint density at radius 1 is 1.57 bits per heavy atom. The lowest BCUT2D eigenvalue weighted by Crippen LogP contribution is -1.99. The molecule has 0 unspecified atom stereocenters. The first-order valence-electron chi connectivity index (χ1n) is 3.70. The molecule has 1 aromatic rings. The maximum atomic E-state index is 8.69. The Hall–Kier alpha value is -0.760. The second kappa shape index (κ2) is 5.20. The zero-order valence-corrected chi connectivity index (χ0v) is 9.72. The summed E-state index contributed by atoms with van der Waals surface area (Å²) in [5.74, 6) is 0.552. The van der Waals surface area contributed by atoms with Crippen molar-refractivity contribution < 1.29 is 9.47 Å². The number of rotatable bonds is 3. The maximum Gasteiger partial charge on any atom is 0.188 e. The Kier molecular flexibility index (Phi) is 4.21. The first-order chi connectivity index (χ1) is 6.69. The summed E-state index contributed by atoms with van der Waals surface area (Å²) in [6.45, 7) is 0.140. The lowest BCUT2D eigenvalue weighted by atomic mass is 10.2. The van der Waals surface area contributed by atoms with E-state index in [-0.39, 0.29) is 6.79 Å². The molecule has 1 aromatic carbocycles. The minimum Gasteiger partial charge on any atom is -0.466 e. The fraction of sp³-hybridized carbons (Fsp3) is 0.222. The highest BCUT2D eigenvalue weighted by molar-refractivity contribution is 9.10. The predicted molar refractivity (Wildman–Crippen MR) is 56.4 cm³/mol. The zero-order chi connectivity index (χ0) is 10.6. The lowest BCUT2D eigenvalue weighted by molar-refractivity contribution is 0.0506. The van der Waals surface area contributed by atoms with Crippen molar-refractivity contribution in [1.29, 1.82) is 5.26 Å². The number of methoxy groups -OCH3 is 1. The largest absolute Gasteiger partial charge is 0.466 e. The monoisotopic (exact) mass is 275 g/mol. The number of ether oxygens (including phenoxy) is 2. The number of nitriles is 1. The summed E-state index contributed by atoms with van der Waals surface area (Å²) >= 11 is 9.08. The highest BCUT2D eigenvalue weighted by atomic mass is 79.9. The van der Waals surface area contributed by atoms with Crippen molar-refractivity contribution >= 4 is 27.5 Å². The van der Waals surface area contributed by atoms with Crippen molar-refractivity contribution in [3.05, 3.63) is 27.2 Å². The van der Waals surface area contributed by atoms with E-state index < -0.39 is 0 Å². The Balaban J connectivity index is 2.98. The number of nitrogens with zero attached hydrogens (tertiary/aromatic N) is 1. The van der Waals surface area contributed by atoms with Crippen LogP contribution in [0.15, 0.2) is 16.6 Å². The van der Waals surface area contributed by atoms with Crippen LogP contribution in [0.1, 0.15) is 5.56 Å². The third kappa shape index (κ3) is 2.61. The molecule has 1 rings (SSSR count). The minimum absolute atomic E-state index is 0.140. The van der Waals surface area contributed by atoms with Gasteiger partial charge in [-0.05, 0) is 22.0 Å². The zero-order valence-electron chi connectivity index (χ0n) is 7.38. The van der Waals surface area contributed by atoms with Gasteiger partial charge in [-0.1, -0.05) is 11.6 Å². The minimum atomic E-state index is 0.140. The van der Waals surface area contributed by atoms with Crippen molar-refractivity contribution in [3.8, 4) is 11.8 Å². The van der Waals surface area contributed by atoms with Gasteiger partial charge < -0.3 is 9.47 Å². The quantitative estimate of drug-likeness (QED) is 0.797. The first-order valence-corrected chi connectivity index (χ1v) is 4.87. The second-order valence-corrected chi connectivity index (χ2v) is 3.69. The predicted octanol–water partition coefficient (Wildman–Crippen LogP) is 2.96. The fourth-order valence-electron chi connectivity index (χ4n) is 0.847. The first kappa shape index (κ1) is 11.3. The molecule has 0 amide bonds. The second-order valence-electron chi connectivity index (χ2n) is 2.43. The molecule has 0 aliphatic carbocycles. The highest BCUT2D eigenvalue weighted by Crippen LogP contribution is 2.31. The van der Waals surface area contributed by atoms with Crippen LogP contribution in [-0.4, -0.2) is 13.9 Å². The van der Waals surface area contributed by atoms with Crippen molar-refractivity contribution in [2.24, 2.45) is 0 Å².